The van der Waals surface area contributed by atoms with Gasteiger partial charge in [0.25, 0.3) is 0 Å². The first kappa shape index (κ1) is 14.8. The second kappa shape index (κ2) is 6.74. The molecule has 0 spiro atoms. The molecule has 1 aliphatic heterocycles. The van der Waals surface area contributed by atoms with Crippen molar-refractivity contribution in [3.63, 3.8) is 0 Å². The van der Waals surface area contributed by atoms with E-state index in [1.54, 1.807) is 20.3 Å². The molecule has 1 saturated heterocycles. The molecule has 1 aromatic rings. The van der Waals surface area contributed by atoms with Gasteiger partial charge in [0.15, 0.2) is 0 Å². The first-order valence-electron chi connectivity index (χ1n) is 7.10. The van der Waals surface area contributed by atoms with E-state index in [0.29, 0.717) is 29.8 Å². The molecule has 0 saturated carbocycles. The van der Waals surface area contributed by atoms with Crippen LogP contribution in [0, 0.1) is 0 Å². The van der Waals surface area contributed by atoms with Gasteiger partial charge in [-0.3, -0.25) is 4.90 Å². The summed E-state index contributed by atoms with van der Waals surface area (Å²) in [5, 5.41) is 3.30. The van der Waals surface area contributed by atoms with E-state index in [2.05, 4.69) is 34.0 Å². The number of anilines is 1. The first-order valence-corrected chi connectivity index (χ1v) is 7.10. The molecule has 20 heavy (non-hydrogen) atoms. The van der Waals surface area contributed by atoms with Crippen LogP contribution in [0.1, 0.15) is 26.7 Å². The predicted molar refractivity (Wildman–Crippen MR) is 78.5 cm³/mol. The number of hydrogen-bond donors (Lipinski definition) is 1. The van der Waals surface area contributed by atoms with E-state index < -0.39 is 0 Å². The van der Waals surface area contributed by atoms with Gasteiger partial charge in [0.1, 0.15) is 0 Å². The molecule has 2 heterocycles. The third-order valence-corrected chi connectivity index (χ3v) is 3.68. The summed E-state index contributed by atoms with van der Waals surface area (Å²) in [5.41, 5.74) is 0. The number of rotatable bonds is 6. The highest BCUT2D eigenvalue weighted by Crippen LogP contribution is 2.21. The maximum absolute atomic E-state index is 5.15. The van der Waals surface area contributed by atoms with Crippen molar-refractivity contribution >= 4 is 5.95 Å². The molecule has 1 atom stereocenters. The van der Waals surface area contributed by atoms with Crippen LogP contribution in [-0.4, -0.2) is 54.3 Å². The summed E-state index contributed by atoms with van der Waals surface area (Å²) in [6.45, 7) is 6.49. The van der Waals surface area contributed by atoms with Crippen molar-refractivity contribution in [3.8, 4) is 11.8 Å². The SMILES string of the molecule is COc1cc(OC)nc(NCC2CCCN2C(C)C)n1. The fraction of sp³-hybridized carbons (Fsp3) is 0.714. The summed E-state index contributed by atoms with van der Waals surface area (Å²) < 4.78 is 10.3. The lowest BCUT2D eigenvalue weighted by molar-refractivity contribution is 0.211. The van der Waals surface area contributed by atoms with Crippen LogP contribution in [0.2, 0.25) is 0 Å². The van der Waals surface area contributed by atoms with Crippen molar-refractivity contribution in [3.05, 3.63) is 6.07 Å². The Labute approximate surface area is 120 Å². The van der Waals surface area contributed by atoms with Crippen LogP contribution in [0.5, 0.6) is 11.8 Å². The lowest BCUT2D eigenvalue weighted by Gasteiger charge is -2.28. The molecule has 0 aliphatic carbocycles. The van der Waals surface area contributed by atoms with Crippen molar-refractivity contribution in [2.75, 3.05) is 32.6 Å². The molecule has 0 bridgehead atoms. The Kier molecular flexibility index (Phi) is 5.00. The number of aromatic nitrogens is 2. The second-order valence-corrected chi connectivity index (χ2v) is 5.28. The summed E-state index contributed by atoms with van der Waals surface area (Å²) >= 11 is 0. The number of nitrogens with one attached hydrogen (secondary N) is 1. The zero-order chi connectivity index (χ0) is 14.5. The van der Waals surface area contributed by atoms with E-state index in [-0.39, 0.29) is 0 Å². The van der Waals surface area contributed by atoms with Crippen LogP contribution in [0.4, 0.5) is 5.95 Å². The van der Waals surface area contributed by atoms with Crippen molar-refractivity contribution in [2.45, 2.75) is 38.8 Å². The molecule has 2 rings (SSSR count). The van der Waals surface area contributed by atoms with Crippen LogP contribution in [-0.2, 0) is 0 Å². The Hall–Kier alpha value is -1.56. The van der Waals surface area contributed by atoms with Gasteiger partial charge in [-0.25, -0.2) is 0 Å². The largest absolute Gasteiger partial charge is 0.481 e. The Morgan fingerprint density at radius 2 is 1.95 bits per heavy atom. The lowest BCUT2D eigenvalue weighted by Crippen LogP contribution is -2.39. The third kappa shape index (κ3) is 3.50. The van der Waals surface area contributed by atoms with Crippen LogP contribution in [0.25, 0.3) is 0 Å². The quantitative estimate of drug-likeness (QED) is 0.857. The maximum atomic E-state index is 5.15. The van der Waals surface area contributed by atoms with Gasteiger partial charge in [-0.2, -0.15) is 9.97 Å². The summed E-state index contributed by atoms with van der Waals surface area (Å²) in [7, 11) is 3.17. The highest BCUT2D eigenvalue weighted by molar-refractivity contribution is 5.33. The van der Waals surface area contributed by atoms with Gasteiger partial charge in [0.2, 0.25) is 17.7 Å². The second-order valence-electron chi connectivity index (χ2n) is 5.28. The zero-order valence-corrected chi connectivity index (χ0v) is 12.7. The van der Waals surface area contributed by atoms with Crippen molar-refractivity contribution in [2.24, 2.45) is 0 Å². The molecule has 1 unspecified atom stereocenters. The summed E-state index contributed by atoms with van der Waals surface area (Å²) in [5.74, 6) is 1.56. The normalized spacial score (nSPS) is 19.4. The number of hydrogen-bond acceptors (Lipinski definition) is 6. The van der Waals surface area contributed by atoms with Crippen LogP contribution in [0.3, 0.4) is 0 Å². The molecular formula is C14H24N4O2. The molecular weight excluding hydrogens is 256 g/mol. The Balaban J connectivity index is 1.99. The van der Waals surface area contributed by atoms with Gasteiger partial charge in [-0.05, 0) is 33.2 Å². The molecule has 0 amide bonds. The van der Waals surface area contributed by atoms with Crippen LogP contribution >= 0.6 is 0 Å². The highest BCUT2D eigenvalue weighted by atomic mass is 16.5. The average molecular weight is 280 g/mol. The molecule has 1 aliphatic rings. The van der Waals surface area contributed by atoms with Gasteiger partial charge in [0, 0.05) is 18.6 Å². The third-order valence-electron chi connectivity index (χ3n) is 3.68. The van der Waals surface area contributed by atoms with E-state index in [1.165, 1.54) is 19.4 Å². The molecule has 6 heteroatoms. The number of nitrogens with zero attached hydrogens (tertiary/aromatic N) is 3. The number of likely N-dealkylation sites (tertiary alicyclic amines) is 1. The molecule has 6 nitrogen and oxygen atoms in total. The van der Waals surface area contributed by atoms with E-state index in [9.17, 15) is 0 Å². The lowest BCUT2D eigenvalue weighted by atomic mass is 10.2. The van der Waals surface area contributed by atoms with E-state index in [0.717, 1.165) is 6.54 Å². The van der Waals surface area contributed by atoms with E-state index >= 15 is 0 Å². The van der Waals surface area contributed by atoms with Gasteiger partial charge in [0.05, 0.1) is 20.3 Å². The molecule has 0 aromatic carbocycles. The average Bonchev–Trinajstić information content (AvgIpc) is 2.93. The first-order chi connectivity index (χ1) is 9.63. The van der Waals surface area contributed by atoms with Crippen molar-refractivity contribution in [1.82, 2.24) is 14.9 Å². The topological polar surface area (TPSA) is 59.5 Å². The van der Waals surface area contributed by atoms with Crippen molar-refractivity contribution < 1.29 is 9.47 Å². The minimum atomic E-state index is 0.506. The highest BCUT2D eigenvalue weighted by Gasteiger charge is 2.26. The van der Waals surface area contributed by atoms with E-state index in [1.807, 2.05) is 0 Å². The fourth-order valence-corrected chi connectivity index (χ4v) is 2.66. The molecule has 112 valence electrons. The Morgan fingerprint density at radius 1 is 1.30 bits per heavy atom. The summed E-state index contributed by atoms with van der Waals surface area (Å²) in [4.78, 5) is 11.1. The fourth-order valence-electron chi connectivity index (χ4n) is 2.66. The Morgan fingerprint density at radius 3 is 2.50 bits per heavy atom. The van der Waals surface area contributed by atoms with Gasteiger partial charge in [-0.15, -0.1) is 0 Å². The Bertz CT molecular complexity index is 417. The summed E-state index contributed by atoms with van der Waals surface area (Å²) in [6.07, 6.45) is 2.47. The predicted octanol–water partition coefficient (Wildman–Crippen LogP) is 1.78. The monoisotopic (exact) mass is 280 g/mol. The van der Waals surface area contributed by atoms with Crippen LogP contribution < -0.4 is 14.8 Å². The maximum Gasteiger partial charge on any atom is 0.229 e. The molecule has 1 aromatic heterocycles. The van der Waals surface area contributed by atoms with Crippen molar-refractivity contribution in [1.29, 1.82) is 0 Å². The standard InChI is InChI=1S/C14H24N4O2/c1-10(2)18-7-5-6-11(18)9-15-14-16-12(19-3)8-13(17-14)20-4/h8,10-11H,5-7,9H2,1-4H3,(H,15,16,17). The van der Waals surface area contributed by atoms with Gasteiger partial charge < -0.3 is 14.8 Å². The van der Waals surface area contributed by atoms with E-state index in [4.69, 9.17) is 9.47 Å². The number of ether oxygens (including phenoxy) is 2. The minimum absolute atomic E-state index is 0.506. The molecule has 1 N–H and O–H groups in total. The van der Waals surface area contributed by atoms with Crippen LogP contribution in [0.15, 0.2) is 6.07 Å². The molecule has 0 radical (unpaired) electrons. The van der Waals surface area contributed by atoms with Gasteiger partial charge in [-0.1, -0.05) is 0 Å². The summed E-state index contributed by atoms with van der Waals surface area (Å²) in [6, 6.07) is 2.78. The number of methoxy groups -OCH3 is 2. The van der Waals surface area contributed by atoms with Gasteiger partial charge >= 0.3 is 0 Å². The zero-order valence-electron chi connectivity index (χ0n) is 12.7. The minimum Gasteiger partial charge on any atom is -0.481 e. The molecule has 1 fully saturated rings. The smallest absolute Gasteiger partial charge is 0.229 e.